The molecule has 1 aromatic heterocycles. The van der Waals surface area contributed by atoms with Gasteiger partial charge in [-0.1, -0.05) is 17.4 Å². The lowest BCUT2D eigenvalue weighted by Gasteiger charge is -2.30. The maximum absolute atomic E-state index is 12.5. The van der Waals surface area contributed by atoms with Gasteiger partial charge in [0.1, 0.15) is 0 Å². The molecule has 1 aliphatic rings. The molecule has 1 fully saturated rings. The maximum atomic E-state index is 12.5. The lowest BCUT2D eigenvalue weighted by Crippen LogP contribution is -2.31. The van der Waals surface area contributed by atoms with Gasteiger partial charge in [-0.25, -0.2) is 14.8 Å². The summed E-state index contributed by atoms with van der Waals surface area (Å²) in [7, 11) is 0. The second-order valence-electron chi connectivity index (χ2n) is 6.95. The number of rotatable bonds is 5. The second-order valence-corrected chi connectivity index (χ2v) is 8.01. The molecule has 2 amide bonds. The monoisotopic (exact) mass is 401 g/mol. The van der Waals surface area contributed by atoms with Crippen molar-refractivity contribution < 1.29 is 4.79 Å². The third kappa shape index (κ3) is 5.13. The van der Waals surface area contributed by atoms with Crippen molar-refractivity contribution in [2.45, 2.75) is 39.2 Å². The number of guanidine groups is 1. The Hall–Kier alpha value is -2.81. The molecule has 0 radical (unpaired) electrons. The number of urea groups is 1. The minimum absolute atomic E-state index is 0.0257. The third-order valence-electron chi connectivity index (χ3n) is 4.60. The summed E-state index contributed by atoms with van der Waals surface area (Å²) in [5.41, 5.74) is 13.9. The molecule has 8 nitrogen and oxygen atoms in total. The SMILES string of the molecule is Cc1ccc(NC(=O)Nc2ncc(C(C)N=C(N)N)s2)c(N2CCCCC2)c1. The molecule has 0 saturated carbocycles. The van der Waals surface area contributed by atoms with E-state index in [2.05, 4.69) is 38.5 Å². The zero-order valence-corrected chi connectivity index (χ0v) is 17.1. The molecule has 3 rings (SSSR count). The molecule has 9 heteroatoms. The Morgan fingerprint density at radius 1 is 1.25 bits per heavy atom. The summed E-state index contributed by atoms with van der Waals surface area (Å²) in [6.07, 6.45) is 5.28. The van der Waals surface area contributed by atoms with Crippen LogP contribution < -0.4 is 27.0 Å². The van der Waals surface area contributed by atoms with E-state index in [-0.39, 0.29) is 18.0 Å². The van der Waals surface area contributed by atoms with E-state index in [1.807, 2.05) is 19.1 Å². The summed E-state index contributed by atoms with van der Waals surface area (Å²) in [6.45, 7) is 5.96. The largest absolute Gasteiger partial charge is 0.370 e. The summed E-state index contributed by atoms with van der Waals surface area (Å²) in [4.78, 5) is 24.0. The highest BCUT2D eigenvalue weighted by molar-refractivity contribution is 7.15. The summed E-state index contributed by atoms with van der Waals surface area (Å²) in [5, 5.41) is 6.25. The zero-order valence-electron chi connectivity index (χ0n) is 16.2. The fourth-order valence-electron chi connectivity index (χ4n) is 3.22. The van der Waals surface area contributed by atoms with Crippen LogP contribution in [0.3, 0.4) is 0 Å². The van der Waals surface area contributed by atoms with Crippen molar-refractivity contribution in [3.8, 4) is 0 Å². The summed E-state index contributed by atoms with van der Waals surface area (Å²) >= 11 is 1.34. The number of carbonyl (C=O) groups is 1. The van der Waals surface area contributed by atoms with Crippen molar-refractivity contribution in [1.29, 1.82) is 0 Å². The Morgan fingerprint density at radius 3 is 2.71 bits per heavy atom. The number of benzene rings is 1. The number of anilines is 3. The first-order valence-corrected chi connectivity index (χ1v) is 10.2. The number of piperidine rings is 1. The number of carbonyl (C=O) groups excluding carboxylic acids is 1. The molecule has 1 atom stereocenters. The zero-order chi connectivity index (χ0) is 20.1. The number of hydrogen-bond donors (Lipinski definition) is 4. The Labute approximate surface area is 169 Å². The van der Waals surface area contributed by atoms with Gasteiger partial charge >= 0.3 is 6.03 Å². The van der Waals surface area contributed by atoms with Crippen molar-refractivity contribution in [1.82, 2.24) is 4.98 Å². The van der Waals surface area contributed by atoms with Gasteiger partial charge < -0.3 is 21.7 Å². The molecule has 0 bridgehead atoms. The fourth-order valence-corrected chi connectivity index (χ4v) is 4.02. The number of aliphatic imine (C=N–C) groups is 1. The van der Waals surface area contributed by atoms with Gasteiger partial charge in [0.2, 0.25) is 0 Å². The van der Waals surface area contributed by atoms with Crippen LogP contribution >= 0.6 is 11.3 Å². The smallest absolute Gasteiger partial charge is 0.325 e. The molecule has 0 aliphatic carbocycles. The van der Waals surface area contributed by atoms with E-state index in [0.717, 1.165) is 29.3 Å². The first-order chi connectivity index (χ1) is 13.4. The summed E-state index contributed by atoms with van der Waals surface area (Å²) < 4.78 is 0. The van der Waals surface area contributed by atoms with Crippen molar-refractivity contribution >= 4 is 39.8 Å². The molecular formula is C19H27N7OS. The van der Waals surface area contributed by atoms with Crippen LogP contribution in [0.2, 0.25) is 0 Å². The van der Waals surface area contributed by atoms with E-state index in [4.69, 9.17) is 11.5 Å². The summed E-state index contributed by atoms with van der Waals surface area (Å²) in [5.74, 6) is 0.0257. The van der Waals surface area contributed by atoms with Gasteiger partial charge in [-0.3, -0.25) is 5.32 Å². The topological polar surface area (TPSA) is 122 Å². The minimum Gasteiger partial charge on any atom is -0.370 e. The lowest BCUT2D eigenvalue weighted by molar-refractivity contribution is 0.262. The average molecular weight is 402 g/mol. The molecule has 2 heterocycles. The Balaban J connectivity index is 1.68. The van der Waals surface area contributed by atoms with Crippen LogP contribution in [0.15, 0.2) is 29.4 Å². The van der Waals surface area contributed by atoms with Crippen LogP contribution in [0, 0.1) is 6.92 Å². The number of nitrogens with one attached hydrogen (secondary N) is 2. The van der Waals surface area contributed by atoms with E-state index in [1.54, 1.807) is 6.20 Å². The average Bonchev–Trinajstić information content (AvgIpc) is 3.12. The second kappa shape index (κ2) is 8.92. The van der Waals surface area contributed by atoms with Gasteiger partial charge in [0, 0.05) is 19.3 Å². The highest BCUT2D eigenvalue weighted by atomic mass is 32.1. The van der Waals surface area contributed by atoms with E-state index in [9.17, 15) is 4.79 Å². The maximum Gasteiger partial charge on any atom is 0.325 e. The Kier molecular flexibility index (Phi) is 6.35. The van der Waals surface area contributed by atoms with E-state index in [1.165, 1.54) is 36.2 Å². The standard InChI is InChI=1S/C19H27N7OS/c1-12-6-7-14(15(10-12)26-8-4-3-5-9-26)24-18(27)25-19-22-11-16(28-19)13(2)23-17(20)21/h6-7,10-11,13H,3-5,8-9H2,1-2H3,(H4,20,21,23)(H2,22,24,25,27). The molecule has 0 spiro atoms. The van der Waals surface area contributed by atoms with E-state index < -0.39 is 0 Å². The predicted octanol–water partition coefficient (Wildman–Crippen LogP) is 3.42. The van der Waals surface area contributed by atoms with Crippen LogP contribution in [0.1, 0.15) is 42.7 Å². The first kappa shape index (κ1) is 19.9. The highest BCUT2D eigenvalue weighted by Crippen LogP contribution is 2.30. The van der Waals surface area contributed by atoms with E-state index in [0.29, 0.717) is 5.13 Å². The van der Waals surface area contributed by atoms with Gasteiger partial charge in [0.05, 0.1) is 22.3 Å². The molecule has 1 aliphatic heterocycles. The molecular weight excluding hydrogens is 374 g/mol. The molecule has 1 saturated heterocycles. The Bertz CT molecular complexity index is 854. The van der Waals surface area contributed by atoms with Crippen molar-refractivity contribution in [3.63, 3.8) is 0 Å². The van der Waals surface area contributed by atoms with Gasteiger partial charge in [-0.2, -0.15) is 0 Å². The Morgan fingerprint density at radius 2 is 2.00 bits per heavy atom. The lowest BCUT2D eigenvalue weighted by atomic mass is 10.1. The molecule has 2 aromatic rings. The van der Waals surface area contributed by atoms with Crippen LogP contribution in [0.5, 0.6) is 0 Å². The van der Waals surface area contributed by atoms with Crippen molar-refractivity contribution in [3.05, 3.63) is 34.8 Å². The number of nitrogens with two attached hydrogens (primary N) is 2. The minimum atomic E-state index is -0.322. The normalized spacial score (nSPS) is 15.0. The third-order valence-corrected chi connectivity index (χ3v) is 5.68. The van der Waals surface area contributed by atoms with Crippen molar-refractivity contribution in [2.24, 2.45) is 16.5 Å². The van der Waals surface area contributed by atoms with Crippen LogP contribution in [0.4, 0.5) is 21.3 Å². The van der Waals surface area contributed by atoms with Gasteiger partial charge in [-0.05, 0) is 50.8 Å². The first-order valence-electron chi connectivity index (χ1n) is 9.40. The van der Waals surface area contributed by atoms with Gasteiger partial charge in [0.15, 0.2) is 11.1 Å². The summed E-state index contributed by atoms with van der Waals surface area (Å²) in [6, 6.07) is 5.55. The predicted molar refractivity (Wildman–Crippen MR) is 116 cm³/mol. The molecule has 1 unspecified atom stereocenters. The van der Waals surface area contributed by atoms with Crippen LogP contribution in [-0.2, 0) is 0 Å². The molecule has 28 heavy (non-hydrogen) atoms. The van der Waals surface area contributed by atoms with E-state index >= 15 is 0 Å². The highest BCUT2D eigenvalue weighted by Gasteiger charge is 2.17. The molecule has 150 valence electrons. The number of aromatic nitrogens is 1. The number of thiazole rings is 1. The molecule has 1 aromatic carbocycles. The number of amides is 2. The van der Waals surface area contributed by atoms with Crippen molar-refractivity contribution in [2.75, 3.05) is 28.6 Å². The fraction of sp³-hybridized carbons (Fsp3) is 0.421. The van der Waals surface area contributed by atoms with Gasteiger partial charge in [-0.15, -0.1) is 0 Å². The van der Waals surface area contributed by atoms with Gasteiger partial charge in [0.25, 0.3) is 0 Å². The number of aryl methyl sites for hydroxylation is 1. The molecule has 6 N–H and O–H groups in total. The number of nitrogens with zero attached hydrogens (tertiary/aromatic N) is 3. The van der Waals surface area contributed by atoms with Crippen LogP contribution in [-0.4, -0.2) is 30.1 Å². The quantitative estimate of drug-likeness (QED) is 0.452. The number of hydrogen-bond acceptors (Lipinski definition) is 5. The van der Waals surface area contributed by atoms with Crippen LogP contribution in [0.25, 0.3) is 0 Å².